The lowest BCUT2D eigenvalue weighted by molar-refractivity contribution is 0.102. The molecule has 4 rings (SSSR count). The number of amides is 1. The minimum absolute atomic E-state index is 0.136. The molecule has 0 aliphatic heterocycles. The molecule has 0 fully saturated rings. The number of hydrogen-bond acceptors (Lipinski definition) is 5. The Morgan fingerprint density at radius 2 is 1.81 bits per heavy atom. The normalized spacial score (nSPS) is 15.5. The van der Waals surface area contributed by atoms with Crippen LogP contribution in [0.4, 0.5) is 10.7 Å². The van der Waals surface area contributed by atoms with E-state index in [0.717, 1.165) is 35.4 Å². The van der Waals surface area contributed by atoms with Crippen molar-refractivity contribution in [2.24, 2.45) is 16.3 Å². The van der Waals surface area contributed by atoms with Crippen LogP contribution in [0, 0.1) is 11.3 Å². The van der Waals surface area contributed by atoms with E-state index >= 15 is 0 Å². The fraction of sp³-hybridized carbons (Fsp3) is 0.400. The third kappa shape index (κ3) is 6.55. The number of fused-ring (bicyclic) bond motifs is 1. The molecule has 0 spiro atoms. The quantitative estimate of drug-likeness (QED) is 0.293. The number of nitrogens with zero attached hydrogens (tertiary/aromatic N) is 1. The Kier molecular flexibility index (Phi) is 8.60. The van der Waals surface area contributed by atoms with Gasteiger partial charge in [-0.05, 0) is 98.0 Å². The maximum atomic E-state index is 13.6. The van der Waals surface area contributed by atoms with Crippen molar-refractivity contribution >= 4 is 45.7 Å². The Hall–Kier alpha value is -2.83. The molecule has 0 bridgehead atoms. The molecule has 3 aromatic rings. The molecule has 0 radical (unpaired) electrons. The van der Waals surface area contributed by atoms with E-state index in [2.05, 4.69) is 26.1 Å². The van der Waals surface area contributed by atoms with Gasteiger partial charge in [0.1, 0.15) is 5.00 Å². The second-order valence-electron chi connectivity index (χ2n) is 10.3. The molecule has 0 saturated carbocycles. The van der Waals surface area contributed by atoms with E-state index in [4.69, 9.17) is 26.1 Å². The van der Waals surface area contributed by atoms with Gasteiger partial charge in [0.05, 0.1) is 18.8 Å². The maximum absolute atomic E-state index is 13.6. The van der Waals surface area contributed by atoms with Crippen LogP contribution < -0.4 is 14.8 Å². The van der Waals surface area contributed by atoms with Gasteiger partial charge in [-0.25, -0.2) is 4.99 Å². The number of aliphatic imine (C=N–C) groups is 1. The summed E-state index contributed by atoms with van der Waals surface area (Å²) < 4.78 is 11.5. The molecule has 5 nitrogen and oxygen atoms in total. The van der Waals surface area contributed by atoms with E-state index in [-0.39, 0.29) is 11.3 Å². The van der Waals surface area contributed by atoms with E-state index < -0.39 is 0 Å². The summed E-state index contributed by atoms with van der Waals surface area (Å²) in [5.74, 6) is 1.84. The average molecular weight is 539 g/mol. The first-order valence-electron chi connectivity index (χ1n) is 12.8. The second kappa shape index (κ2) is 11.7. The summed E-state index contributed by atoms with van der Waals surface area (Å²) >= 11 is 7.66. The van der Waals surface area contributed by atoms with Gasteiger partial charge < -0.3 is 14.8 Å². The standard InChI is InChI=1S/C30H35ClN2O3S/c1-6-35-24-15-8-19(16-25(24)36-7-2)18-32-29-27(28(34)33-22-12-10-21(31)11-13-22)23-14-9-20(30(3,4)5)17-26(23)37-29/h8,10-13,15-16,18,20H,6-7,9,14,17H2,1-5H3,(H,33,34)/t20-/m1/s1. The maximum Gasteiger partial charge on any atom is 0.259 e. The number of hydrogen-bond donors (Lipinski definition) is 1. The van der Waals surface area contributed by atoms with Crippen molar-refractivity contribution in [3.05, 3.63) is 69.1 Å². The highest BCUT2D eigenvalue weighted by atomic mass is 35.5. The van der Waals surface area contributed by atoms with Gasteiger partial charge >= 0.3 is 0 Å². The smallest absolute Gasteiger partial charge is 0.259 e. The highest BCUT2D eigenvalue weighted by Gasteiger charge is 2.33. The number of benzene rings is 2. The molecule has 2 aromatic carbocycles. The lowest BCUT2D eigenvalue weighted by Gasteiger charge is -2.33. The van der Waals surface area contributed by atoms with E-state index in [1.807, 2.05) is 44.2 Å². The lowest BCUT2D eigenvalue weighted by Crippen LogP contribution is -2.27. The molecule has 0 saturated heterocycles. The monoisotopic (exact) mass is 538 g/mol. The summed E-state index contributed by atoms with van der Waals surface area (Å²) in [4.78, 5) is 19.7. The van der Waals surface area contributed by atoms with Gasteiger partial charge in [0, 0.05) is 21.8 Å². The summed E-state index contributed by atoms with van der Waals surface area (Å²) in [6.45, 7) is 11.9. The lowest BCUT2D eigenvalue weighted by atomic mass is 9.72. The predicted molar refractivity (Wildman–Crippen MR) is 155 cm³/mol. The third-order valence-corrected chi connectivity index (χ3v) is 8.11. The molecule has 0 unspecified atom stereocenters. The van der Waals surface area contributed by atoms with Crippen LogP contribution in [0.5, 0.6) is 11.5 Å². The highest BCUT2D eigenvalue weighted by molar-refractivity contribution is 7.16. The molecule has 196 valence electrons. The highest BCUT2D eigenvalue weighted by Crippen LogP contribution is 2.45. The zero-order valence-corrected chi connectivity index (χ0v) is 23.8. The van der Waals surface area contributed by atoms with E-state index in [1.165, 1.54) is 4.88 Å². The van der Waals surface area contributed by atoms with Gasteiger partial charge in [-0.3, -0.25) is 4.79 Å². The van der Waals surface area contributed by atoms with Crippen LogP contribution in [-0.4, -0.2) is 25.3 Å². The molecular weight excluding hydrogens is 504 g/mol. The third-order valence-electron chi connectivity index (χ3n) is 6.70. The van der Waals surface area contributed by atoms with Crippen molar-refractivity contribution in [3.63, 3.8) is 0 Å². The van der Waals surface area contributed by atoms with Crippen LogP contribution >= 0.6 is 22.9 Å². The molecule has 1 aliphatic carbocycles. The number of nitrogens with one attached hydrogen (secondary N) is 1. The van der Waals surface area contributed by atoms with Gasteiger partial charge in [-0.1, -0.05) is 32.4 Å². The number of ether oxygens (including phenoxy) is 2. The number of carbonyl (C=O) groups is 1. The van der Waals surface area contributed by atoms with Gasteiger partial charge in [0.25, 0.3) is 5.91 Å². The predicted octanol–water partition coefficient (Wildman–Crippen LogP) is 8.35. The summed E-state index contributed by atoms with van der Waals surface area (Å²) in [7, 11) is 0. The zero-order valence-electron chi connectivity index (χ0n) is 22.2. The topological polar surface area (TPSA) is 59.9 Å². The summed E-state index contributed by atoms with van der Waals surface area (Å²) in [5, 5.41) is 4.41. The van der Waals surface area contributed by atoms with Gasteiger partial charge in [0.2, 0.25) is 0 Å². The van der Waals surface area contributed by atoms with Crippen LogP contribution in [0.2, 0.25) is 5.02 Å². The van der Waals surface area contributed by atoms with Crippen LogP contribution in [0.1, 0.15) is 67.4 Å². The summed E-state index contributed by atoms with van der Waals surface area (Å²) in [6.07, 6.45) is 4.71. The van der Waals surface area contributed by atoms with Crippen molar-refractivity contribution in [1.82, 2.24) is 0 Å². The second-order valence-corrected chi connectivity index (χ2v) is 11.8. The molecule has 1 amide bonds. The average Bonchev–Trinajstić information content (AvgIpc) is 3.23. The molecule has 1 N–H and O–H groups in total. The zero-order chi connectivity index (χ0) is 26.6. The first-order valence-corrected chi connectivity index (χ1v) is 14.0. The SMILES string of the molecule is CCOc1ccc(C=Nc2sc3c(c2C(=O)Nc2ccc(Cl)cc2)CC[C@@H](C(C)(C)C)C3)cc1OCC. The Balaban J connectivity index is 1.69. The molecule has 1 atom stereocenters. The minimum atomic E-state index is -0.136. The Bertz CT molecular complexity index is 1280. The number of rotatable bonds is 8. The van der Waals surface area contributed by atoms with Crippen LogP contribution in [0.25, 0.3) is 0 Å². The van der Waals surface area contributed by atoms with Crippen molar-refractivity contribution in [1.29, 1.82) is 0 Å². The van der Waals surface area contributed by atoms with Crippen molar-refractivity contribution in [3.8, 4) is 11.5 Å². The van der Waals surface area contributed by atoms with Gasteiger partial charge in [0.15, 0.2) is 11.5 Å². The fourth-order valence-electron chi connectivity index (χ4n) is 4.64. The van der Waals surface area contributed by atoms with Crippen molar-refractivity contribution in [2.75, 3.05) is 18.5 Å². The summed E-state index contributed by atoms with van der Waals surface area (Å²) in [5.41, 5.74) is 3.62. The molecule has 1 heterocycles. The molecule has 37 heavy (non-hydrogen) atoms. The molecule has 7 heteroatoms. The summed E-state index contributed by atoms with van der Waals surface area (Å²) in [6, 6.07) is 12.9. The minimum Gasteiger partial charge on any atom is -0.490 e. The number of thiophene rings is 1. The van der Waals surface area contributed by atoms with Crippen LogP contribution in [0.15, 0.2) is 47.5 Å². The largest absolute Gasteiger partial charge is 0.490 e. The van der Waals surface area contributed by atoms with Crippen molar-refractivity contribution < 1.29 is 14.3 Å². The van der Waals surface area contributed by atoms with Crippen LogP contribution in [0.3, 0.4) is 0 Å². The number of halogens is 1. The van der Waals surface area contributed by atoms with Gasteiger partial charge in [-0.15, -0.1) is 11.3 Å². The first kappa shape index (κ1) is 27.2. The Morgan fingerprint density at radius 1 is 1.11 bits per heavy atom. The number of anilines is 1. The molecule has 1 aliphatic rings. The Labute approximate surface area is 228 Å². The van der Waals surface area contributed by atoms with E-state index in [1.54, 1.807) is 29.7 Å². The fourth-order valence-corrected chi connectivity index (χ4v) is 6.04. The first-order chi connectivity index (χ1) is 17.7. The van der Waals surface area contributed by atoms with E-state index in [0.29, 0.717) is 46.9 Å². The number of carbonyl (C=O) groups excluding carboxylic acids is 1. The molecular formula is C30H35ClN2O3S. The molecule has 1 aromatic heterocycles. The van der Waals surface area contributed by atoms with E-state index in [9.17, 15) is 4.79 Å². The van der Waals surface area contributed by atoms with Crippen molar-refractivity contribution in [2.45, 2.75) is 53.9 Å². The van der Waals surface area contributed by atoms with Gasteiger partial charge in [-0.2, -0.15) is 0 Å². The Morgan fingerprint density at radius 3 is 2.49 bits per heavy atom. The van der Waals surface area contributed by atoms with Crippen LogP contribution in [-0.2, 0) is 12.8 Å².